The van der Waals surface area contributed by atoms with Crippen LogP contribution < -0.4 is 16.5 Å². The number of hydrogen-bond donors (Lipinski definition) is 3. The number of hydroxylamine groups is 2. The molecule has 0 aromatic rings. The molecule has 4 atom stereocenters. The van der Waals surface area contributed by atoms with Crippen molar-refractivity contribution in [3.63, 3.8) is 0 Å². The molecule has 3 unspecified atom stereocenters. The summed E-state index contributed by atoms with van der Waals surface area (Å²) in [5.74, 6) is 1.18. The number of nitrogens with two attached hydrogens (primary N) is 2. The Morgan fingerprint density at radius 2 is 1.67 bits per heavy atom. The third-order valence-corrected chi connectivity index (χ3v) is 5.08. The van der Waals surface area contributed by atoms with Gasteiger partial charge in [0.2, 0.25) is 0 Å². The molecule has 0 saturated heterocycles. The van der Waals surface area contributed by atoms with Crippen LogP contribution in [0.2, 0.25) is 0 Å². The van der Waals surface area contributed by atoms with Crippen molar-refractivity contribution in [1.29, 1.82) is 0 Å². The Morgan fingerprint density at radius 1 is 1.05 bits per heavy atom. The van der Waals surface area contributed by atoms with Crippen molar-refractivity contribution in [3.8, 4) is 0 Å². The number of nitrogens with one attached hydrogen (secondary N) is 1. The van der Waals surface area contributed by atoms with Crippen molar-refractivity contribution >= 4 is 0 Å². The van der Waals surface area contributed by atoms with Crippen LogP contribution in [0.25, 0.3) is 0 Å². The van der Waals surface area contributed by atoms with Gasteiger partial charge in [-0.25, -0.2) is 0 Å². The molecule has 1 aliphatic rings. The molecule has 0 aromatic heterocycles. The molecule has 0 spiro atoms. The first-order valence-electron chi connectivity index (χ1n) is 9.08. The Balaban J connectivity index is 2.52. The quantitative estimate of drug-likeness (QED) is 0.678. The van der Waals surface area contributed by atoms with Crippen LogP contribution in [0.3, 0.4) is 0 Å². The lowest BCUT2D eigenvalue weighted by Crippen LogP contribution is -3.03. The molecular weight excluding hydrogens is 262 g/mol. The highest BCUT2D eigenvalue weighted by Gasteiger charge is 2.22. The predicted molar refractivity (Wildman–Crippen MR) is 89.9 cm³/mol. The predicted octanol–water partition coefficient (Wildman–Crippen LogP) is 1.82. The third kappa shape index (κ3) is 8.77. The van der Waals surface area contributed by atoms with Crippen LogP contribution in [0.4, 0.5) is 0 Å². The van der Waals surface area contributed by atoms with Crippen LogP contribution in [-0.2, 0) is 0 Å². The molecular formula is C17H37N3O. The van der Waals surface area contributed by atoms with E-state index < -0.39 is 0 Å². The summed E-state index contributed by atoms with van der Waals surface area (Å²) >= 11 is 0. The number of quaternary nitrogens is 1. The van der Waals surface area contributed by atoms with Crippen molar-refractivity contribution in [2.45, 2.75) is 76.7 Å². The lowest BCUT2D eigenvalue weighted by atomic mass is 9.81. The molecule has 4 nitrogen and oxygen atoms in total. The van der Waals surface area contributed by atoms with Gasteiger partial charge in [-0.15, -0.1) is 0 Å². The minimum atomic E-state index is 0.297. The van der Waals surface area contributed by atoms with Crippen LogP contribution >= 0.6 is 0 Å². The molecule has 0 amide bonds. The molecule has 0 aromatic carbocycles. The highest BCUT2D eigenvalue weighted by Crippen LogP contribution is 2.27. The first-order chi connectivity index (χ1) is 10.1. The van der Waals surface area contributed by atoms with E-state index in [1.54, 1.807) is 7.05 Å². The van der Waals surface area contributed by atoms with Crippen LogP contribution in [0, 0.1) is 17.0 Å². The normalized spacial score (nSPS) is 31.1. The SMILES string of the molecule is C[NH+]([O-])CCCC1C[C@@H](CN)CCCCCCCCC1N. The Kier molecular flexibility index (Phi) is 10.3. The Bertz CT molecular complexity index is 248. The van der Waals surface area contributed by atoms with Gasteiger partial charge in [0.05, 0.1) is 13.6 Å². The molecule has 1 rings (SSSR count). The second-order valence-corrected chi connectivity index (χ2v) is 7.05. The summed E-state index contributed by atoms with van der Waals surface area (Å²) in [6, 6.07) is 0.297. The molecule has 0 heterocycles. The van der Waals surface area contributed by atoms with E-state index in [2.05, 4.69) is 0 Å². The summed E-state index contributed by atoms with van der Waals surface area (Å²) in [7, 11) is 1.68. The number of hydrogen-bond acceptors (Lipinski definition) is 3. The Labute approximate surface area is 131 Å². The molecule has 0 bridgehead atoms. The summed E-state index contributed by atoms with van der Waals surface area (Å²) in [6.45, 7) is 1.49. The maximum atomic E-state index is 11.1. The molecule has 1 fully saturated rings. The standard InChI is InChI=1S/C17H37N3O/c1-20(21)12-8-10-16-13-15(14-18)9-6-4-2-3-5-7-11-17(16)19/h15-17,20H,2-14,18-19H2,1H3/t15-,16?,17?/m0/s1. The van der Waals surface area contributed by atoms with E-state index in [0.29, 0.717) is 29.5 Å². The van der Waals surface area contributed by atoms with Gasteiger partial charge in [0.1, 0.15) is 0 Å². The molecule has 126 valence electrons. The van der Waals surface area contributed by atoms with Crippen molar-refractivity contribution in [2.75, 3.05) is 20.1 Å². The van der Waals surface area contributed by atoms with Crippen LogP contribution in [0.15, 0.2) is 0 Å². The fraction of sp³-hybridized carbons (Fsp3) is 1.00. The van der Waals surface area contributed by atoms with Crippen LogP contribution in [0.1, 0.15) is 70.6 Å². The van der Waals surface area contributed by atoms with E-state index in [0.717, 1.165) is 32.2 Å². The van der Waals surface area contributed by atoms with Gasteiger partial charge in [0.15, 0.2) is 0 Å². The van der Waals surface area contributed by atoms with E-state index >= 15 is 0 Å². The van der Waals surface area contributed by atoms with Crippen molar-refractivity contribution < 1.29 is 5.06 Å². The fourth-order valence-electron chi connectivity index (χ4n) is 3.64. The first kappa shape index (κ1) is 18.9. The monoisotopic (exact) mass is 299 g/mol. The van der Waals surface area contributed by atoms with E-state index in [1.165, 1.54) is 44.9 Å². The highest BCUT2D eigenvalue weighted by molar-refractivity contribution is 4.77. The molecule has 4 heteroatoms. The molecule has 1 aliphatic carbocycles. The molecule has 0 radical (unpaired) electrons. The van der Waals surface area contributed by atoms with Gasteiger partial charge in [-0.3, -0.25) is 0 Å². The topological polar surface area (TPSA) is 79.5 Å². The van der Waals surface area contributed by atoms with Crippen LogP contribution in [-0.4, -0.2) is 26.2 Å². The largest absolute Gasteiger partial charge is 0.634 e. The maximum absolute atomic E-state index is 11.1. The van der Waals surface area contributed by atoms with E-state index in [-0.39, 0.29) is 0 Å². The van der Waals surface area contributed by atoms with E-state index in [1.807, 2.05) is 0 Å². The van der Waals surface area contributed by atoms with Crippen molar-refractivity contribution in [2.24, 2.45) is 23.3 Å². The molecule has 1 saturated carbocycles. The van der Waals surface area contributed by atoms with Gasteiger partial charge in [-0.2, -0.15) is 0 Å². The average Bonchev–Trinajstić information content (AvgIpc) is 2.44. The van der Waals surface area contributed by atoms with Gasteiger partial charge in [-0.05, 0) is 50.5 Å². The van der Waals surface area contributed by atoms with E-state index in [4.69, 9.17) is 11.5 Å². The summed E-state index contributed by atoms with van der Waals surface area (Å²) in [6.07, 6.45) is 13.6. The summed E-state index contributed by atoms with van der Waals surface area (Å²) in [4.78, 5) is 0. The lowest BCUT2D eigenvalue weighted by molar-refractivity contribution is -0.826. The molecule has 21 heavy (non-hydrogen) atoms. The lowest BCUT2D eigenvalue weighted by Gasteiger charge is -2.29. The third-order valence-electron chi connectivity index (χ3n) is 5.08. The summed E-state index contributed by atoms with van der Waals surface area (Å²) in [5, 5.41) is 11.4. The second kappa shape index (κ2) is 11.4. The summed E-state index contributed by atoms with van der Waals surface area (Å²) in [5.41, 5.74) is 12.4. The van der Waals surface area contributed by atoms with Gasteiger partial charge >= 0.3 is 0 Å². The maximum Gasteiger partial charge on any atom is 0.0766 e. The van der Waals surface area contributed by atoms with Crippen molar-refractivity contribution in [3.05, 3.63) is 5.21 Å². The minimum absolute atomic E-state index is 0.297. The van der Waals surface area contributed by atoms with Gasteiger partial charge < -0.3 is 21.7 Å². The minimum Gasteiger partial charge on any atom is -0.634 e. The smallest absolute Gasteiger partial charge is 0.0766 e. The zero-order valence-electron chi connectivity index (χ0n) is 14.0. The second-order valence-electron chi connectivity index (χ2n) is 7.05. The van der Waals surface area contributed by atoms with Crippen LogP contribution in [0.5, 0.6) is 0 Å². The van der Waals surface area contributed by atoms with Gasteiger partial charge in [0.25, 0.3) is 0 Å². The Hall–Kier alpha value is -0.160. The fourth-order valence-corrected chi connectivity index (χ4v) is 3.64. The average molecular weight is 300 g/mol. The Morgan fingerprint density at radius 3 is 2.29 bits per heavy atom. The number of rotatable bonds is 5. The summed E-state index contributed by atoms with van der Waals surface area (Å²) < 4.78 is 0. The van der Waals surface area contributed by atoms with Gasteiger partial charge in [-0.1, -0.05) is 38.5 Å². The highest BCUT2D eigenvalue weighted by atomic mass is 16.5. The first-order valence-corrected chi connectivity index (χ1v) is 9.08. The van der Waals surface area contributed by atoms with Gasteiger partial charge in [0, 0.05) is 6.04 Å². The zero-order chi connectivity index (χ0) is 15.5. The molecule has 5 N–H and O–H groups in total. The zero-order valence-corrected chi connectivity index (χ0v) is 14.0. The van der Waals surface area contributed by atoms with Crippen molar-refractivity contribution in [1.82, 2.24) is 0 Å². The molecule has 0 aliphatic heterocycles. The van der Waals surface area contributed by atoms with E-state index in [9.17, 15) is 5.21 Å².